The smallest absolute Gasteiger partial charge is 0.234 e. The van der Waals surface area contributed by atoms with Gasteiger partial charge in [0.2, 0.25) is 17.0 Å². The third-order valence-electron chi connectivity index (χ3n) is 2.47. The number of thioether (sulfide) groups is 1. The Morgan fingerprint density at radius 3 is 2.89 bits per heavy atom. The van der Waals surface area contributed by atoms with Gasteiger partial charge in [-0.3, -0.25) is 4.79 Å². The molecular formula is C12H15N5OS. The van der Waals surface area contributed by atoms with Crippen LogP contribution in [0.4, 0.5) is 11.6 Å². The minimum Gasteiger partial charge on any atom is -0.368 e. The zero-order valence-corrected chi connectivity index (χ0v) is 11.5. The number of nitrogens with one attached hydrogen (secondary N) is 2. The second-order valence-electron chi connectivity index (χ2n) is 4.16. The van der Waals surface area contributed by atoms with Crippen LogP contribution in [0.2, 0.25) is 0 Å². The van der Waals surface area contributed by atoms with Crippen LogP contribution in [0.25, 0.3) is 0 Å². The SMILES string of the molecule is Cc1ccc(NC(=O)CSc2n[nH]c(N)n2)c(C)c1. The van der Waals surface area contributed by atoms with Crippen molar-refractivity contribution in [1.82, 2.24) is 15.2 Å². The number of nitrogens with two attached hydrogens (primary N) is 1. The van der Waals surface area contributed by atoms with Gasteiger partial charge in [-0.15, -0.1) is 5.10 Å². The molecule has 0 atom stereocenters. The molecule has 100 valence electrons. The fourth-order valence-corrected chi connectivity index (χ4v) is 2.20. The van der Waals surface area contributed by atoms with E-state index in [1.54, 1.807) is 0 Å². The highest BCUT2D eigenvalue weighted by atomic mass is 32.2. The van der Waals surface area contributed by atoms with Crippen molar-refractivity contribution in [3.05, 3.63) is 29.3 Å². The zero-order valence-electron chi connectivity index (χ0n) is 10.7. The predicted octanol–water partition coefficient (Wildman–Crippen LogP) is 1.73. The fraction of sp³-hybridized carbons (Fsp3) is 0.250. The molecule has 0 saturated carbocycles. The summed E-state index contributed by atoms with van der Waals surface area (Å²) in [4.78, 5) is 15.7. The van der Waals surface area contributed by atoms with E-state index in [-0.39, 0.29) is 17.6 Å². The van der Waals surface area contributed by atoms with Gasteiger partial charge >= 0.3 is 0 Å². The van der Waals surface area contributed by atoms with E-state index < -0.39 is 0 Å². The van der Waals surface area contributed by atoms with E-state index in [9.17, 15) is 4.79 Å². The third-order valence-corrected chi connectivity index (χ3v) is 3.32. The molecule has 4 N–H and O–H groups in total. The molecule has 0 aliphatic rings. The Labute approximate surface area is 115 Å². The van der Waals surface area contributed by atoms with E-state index in [0.717, 1.165) is 11.3 Å². The Morgan fingerprint density at radius 2 is 2.26 bits per heavy atom. The van der Waals surface area contributed by atoms with Gasteiger partial charge in [-0.25, -0.2) is 5.10 Å². The number of rotatable bonds is 4. The molecule has 2 rings (SSSR count). The average Bonchev–Trinajstić information content (AvgIpc) is 2.76. The van der Waals surface area contributed by atoms with Gasteiger partial charge in [0.1, 0.15) is 0 Å². The maximum Gasteiger partial charge on any atom is 0.234 e. The Balaban J connectivity index is 1.90. The number of amides is 1. The maximum atomic E-state index is 11.8. The summed E-state index contributed by atoms with van der Waals surface area (Å²) >= 11 is 1.23. The van der Waals surface area contributed by atoms with E-state index in [0.29, 0.717) is 5.16 Å². The number of H-pyrrole nitrogens is 1. The van der Waals surface area contributed by atoms with Crippen molar-refractivity contribution >= 4 is 29.3 Å². The lowest BCUT2D eigenvalue weighted by Gasteiger charge is -2.08. The molecule has 1 aromatic carbocycles. The first-order chi connectivity index (χ1) is 9.04. The van der Waals surface area contributed by atoms with Crippen molar-refractivity contribution < 1.29 is 4.79 Å². The topological polar surface area (TPSA) is 96.7 Å². The first kappa shape index (κ1) is 13.4. The summed E-state index contributed by atoms with van der Waals surface area (Å²) in [5.74, 6) is 0.391. The van der Waals surface area contributed by atoms with Crippen molar-refractivity contribution in [2.24, 2.45) is 0 Å². The van der Waals surface area contributed by atoms with Crippen LogP contribution in [0.1, 0.15) is 11.1 Å². The van der Waals surface area contributed by atoms with E-state index in [1.807, 2.05) is 32.0 Å². The number of nitrogen functional groups attached to an aromatic ring is 1. The lowest BCUT2D eigenvalue weighted by Crippen LogP contribution is -2.15. The molecule has 0 aliphatic heterocycles. The number of aromatic amines is 1. The van der Waals surface area contributed by atoms with Crippen molar-refractivity contribution in [2.75, 3.05) is 16.8 Å². The largest absolute Gasteiger partial charge is 0.368 e. The quantitative estimate of drug-likeness (QED) is 0.740. The molecule has 0 radical (unpaired) electrons. The van der Waals surface area contributed by atoms with Crippen molar-refractivity contribution in [3.8, 4) is 0 Å². The number of carbonyl (C=O) groups is 1. The molecule has 7 heteroatoms. The van der Waals surface area contributed by atoms with Crippen molar-refractivity contribution in [2.45, 2.75) is 19.0 Å². The first-order valence-corrected chi connectivity index (χ1v) is 6.71. The van der Waals surface area contributed by atoms with E-state index in [2.05, 4.69) is 20.5 Å². The molecule has 0 saturated heterocycles. The molecule has 6 nitrogen and oxygen atoms in total. The lowest BCUT2D eigenvalue weighted by molar-refractivity contribution is -0.113. The van der Waals surface area contributed by atoms with Gasteiger partial charge in [-0.05, 0) is 25.5 Å². The normalized spacial score (nSPS) is 10.4. The molecule has 1 heterocycles. The number of nitrogens with zero attached hydrogens (tertiary/aromatic N) is 2. The monoisotopic (exact) mass is 277 g/mol. The summed E-state index contributed by atoms with van der Waals surface area (Å²) < 4.78 is 0. The number of carbonyl (C=O) groups excluding carboxylic acids is 1. The predicted molar refractivity (Wildman–Crippen MR) is 76.1 cm³/mol. The van der Waals surface area contributed by atoms with E-state index >= 15 is 0 Å². The summed E-state index contributed by atoms with van der Waals surface area (Å²) in [5, 5.41) is 9.69. The maximum absolute atomic E-state index is 11.8. The number of aryl methyl sites for hydroxylation is 2. The zero-order chi connectivity index (χ0) is 13.8. The van der Waals surface area contributed by atoms with Gasteiger partial charge in [-0.2, -0.15) is 4.98 Å². The summed E-state index contributed by atoms with van der Waals surface area (Å²) in [6.45, 7) is 3.98. The van der Waals surface area contributed by atoms with Crippen LogP contribution < -0.4 is 11.1 Å². The minimum absolute atomic E-state index is 0.0969. The van der Waals surface area contributed by atoms with Crippen LogP contribution in [0.15, 0.2) is 23.4 Å². The van der Waals surface area contributed by atoms with Gasteiger partial charge in [0.25, 0.3) is 0 Å². The summed E-state index contributed by atoms with van der Waals surface area (Å²) in [6.07, 6.45) is 0. The number of aromatic nitrogens is 3. The molecular weight excluding hydrogens is 262 g/mol. The average molecular weight is 277 g/mol. The Morgan fingerprint density at radius 1 is 1.47 bits per heavy atom. The Bertz CT molecular complexity index is 596. The molecule has 19 heavy (non-hydrogen) atoms. The molecule has 0 bridgehead atoms. The first-order valence-electron chi connectivity index (χ1n) is 5.72. The summed E-state index contributed by atoms with van der Waals surface area (Å²) in [5.41, 5.74) is 8.43. The summed E-state index contributed by atoms with van der Waals surface area (Å²) in [6, 6.07) is 5.89. The van der Waals surface area contributed by atoms with E-state index in [4.69, 9.17) is 5.73 Å². The van der Waals surface area contributed by atoms with Crippen LogP contribution in [-0.4, -0.2) is 26.8 Å². The Kier molecular flexibility index (Phi) is 4.06. The van der Waals surface area contributed by atoms with Gasteiger partial charge in [0.05, 0.1) is 5.75 Å². The van der Waals surface area contributed by atoms with Crippen LogP contribution >= 0.6 is 11.8 Å². The van der Waals surface area contributed by atoms with Crippen molar-refractivity contribution in [1.29, 1.82) is 0 Å². The number of hydrogen-bond donors (Lipinski definition) is 3. The van der Waals surface area contributed by atoms with Gasteiger partial charge in [-0.1, -0.05) is 29.5 Å². The molecule has 0 spiro atoms. The third kappa shape index (κ3) is 3.72. The van der Waals surface area contributed by atoms with Crippen LogP contribution in [0, 0.1) is 13.8 Å². The fourth-order valence-electron chi connectivity index (χ4n) is 1.59. The highest BCUT2D eigenvalue weighted by Crippen LogP contribution is 2.17. The molecule has 0 unspecified atom stereocenters. The number of anilines is 2. The Hall–Kier alpha value is -2.02. The van der Waals surface area contributed by atoms with Gasteiger partial charge in [0.15, 0.2) is 0 Å². The lowest BCUT2D eigenvalue weighted by atomic mass is 10.1. The summed E-state index contributed by atoms with van der Waals surface area (Å²) in [7, 11) is 0. The molecule has 1 amide bonds. The van der Waals surface area contributed by atoms with Crippen LogP contribution in [0.5, 0.6) is 0 Å². The second-order valence-corrected chi connectivity index (χ2v) is 5.10. The minimum atomic E-state index is -0.0969. The van der Waals surface area contributed by atoms with Gasteiger partial charge in [0, 0.05) is 5.69 Å². The molecule has 1 aromatic heterocycles. The molecule has 0 fully saturated rings. The van der Waals surface area contributed by atoms with E-state index in [1.165, 1.54) is 17.3 Å². The highest BCUT2D eigenvalue weighted by Gasteiger charge is 2.08. The van der Waals surface area contributed by atoms with Gasteiger partial charge < -0.3 is 11.1 Å². The standard InChI is InChI=1S/C12H15N5OS/c1-7-3-4-9(8(2)5-7)14-10(18)6-19-12-15-11(13)16-17-12/h3-5H,6H2,1-2H3,(H,14,18)(H3,13,15,16,17). The van der Waals surface area contributed by atoms with Crippen molar-refractivity contribution in [3.63, 3.8) is 0 Å². The van der Waals surface area contributed by atoms with Crippen LogP contribution in [-0.2, 0) is 4.79 Å². The number of hydrogen-bond acceptors (Lipinski definition) is 5. The highest BCUT2D eigenvalue weighted by molar-refractivity contribution is 7.99. The second kappa shape index (κ2) is 5.75. The molecule has 2 aromatic rings. The number of benzene rings is 1. The van der Waals surface area contributed by atoms with Crippen LogP contribution in [0.3, 0.4) is 0 Å². The molecule has 0 aliphatic carbocycles.